The van der Waals surface area contributed by atoms with Gasteiger partial charge < -0.3 is 15.5 Å². The average Bonchev–Trinajstić information content (AvgIpc) is 3.11. The molecule has 0 spiro atoms. The topological polar surface area (TPSA) is 57.3 Å². The van der Waals surface area contributed by atoms with Crippen molar-refractivity contribution >= 4 is 39.0 Å². The van der Waals surface area contributed by atoms with Crippen LogP contribution in [0.15, 0.2) is 48.5 Å². The fourth-order valence-electron chi connectivity index (χ4n) is 3.31. The minimum absolute atomic E-state index is 0.200. The number of aromatic nitrogens is 1. The van der Waals surface area contributed by atoms with Crippen LogP contribution < -0.4 is 15.5 Å². The van der Waals surface area contributed by atoms with Crippen molar-refractivity contribution in [3.63, 3.8) is 0 Å². The molecule has 1 saturated heterocycles. The van der Waals surface area contributed by atoms with Crippen molar-refractivity contribution < 1.29 is 4.79 Å². The maximum atomic E-state index is 12.4. The maximum Gasteiger partial charge on any atom is 0.319 e. The SMILES string of the molecule is O=C(NCc1nc2ccccc2s1)Nc1ccccc1N1CCCCC1. The summed E-state index contributed by atoms with van der Waals surface area (Å²) < 4.78 is 1.14. The molecule has 1 aromatic heterocycles. The molecular weight excluding hydrogens is 344 g/mol. The fourth-order valence-corrected chi connectivity index (χ4v) is 4.21. The zero-order valence-corrected chi connectivity index (χ0v) is 15.4. The number of anilines is 2. The van der Waals surface area contributed by atoms with E-state index in [0.29, 0.717) is 6.54 Å². The smallest absolute Gasteiger partial charge is 0.319 e. The third-order valence-electron chi connectivity index (χ3n) is 4.59. The van der Waals surface area contributed by atoms with Crippen LogP contribution in [0, 0.1) is 0 Å². The molecule has 3 aromatic rings. The summed E-state index contributed by atoms with van der Waals surface area (Å²) in [4.78, 5) is 19.3. The normalized spacial score (nSPS) is 14.4. The number of carbonyl (C=O) groups excluding carboxylic acids is 1. The molecule has 2 amide bonds. The highest BCUT2D eigenvalue weighted by Crippen LogP contribution is 2.28. The van der Waals surface area contributed by atoms with Gasteiger partial charge in [0.25, 0.3) is 0 Å². The van der Waals surface area contributed by atoms with Gasteiger partial charge in [-0.05, 0) is 43.5 Å². The van der Waals surface area contributed by atoms with Crippen molar-refractivity contribution in [2.45, 2.75) is 25.8 Å². The molecular formula is C20H22N4OS. The lowest BCUT2D eigenvalue weighted by Gasteiger charge is -2.30. The number of urea groups is 1. The Morgan fingerprint density at radius 2 is 1.81 bits per heavy atom. The third kappa shape index (κ3) is 3.80. The number of carbonyl (C=O) groups is 1. The second kappa shape index (κ2) is 7.74. The van der Waals surface area contributed by atoms with E-state index in [4.69, 9.17) is 0 Å². The van der Waals surface area contributed by atoms with E-state index in [9.17, 15) is 4.79 Å². The number of hydrogen-bond donors (Lipinski definition) is 2. The quantitative estimate of drug-likeness (QED) is 0.709. The Labute approximate surface area is 157 Å². The predicted molar refractivity (Wildman–Crippen MR) is 108 cm³/mol. The highest BCUT2D eigenvalue weighted by atomic mass is 32.1. The molecule has 4 rings (SSSR count). The summed E-state index contributed by atoms with van der Waals surface area (Å²) in [5.74, 6) is 0. The molecule has 2 aromatic carbocycles. The van der Waals surface area contributed by atoms with Crippen LogP contribution >= 0.6 is 11.3 Å². The van der Waals surface area contributed by atoms with Crippen LogP contribution in [0.4, 0.5) is 16.2 Å². The Hall–Kier alpha value is -2.60. The monoisotopic (exact) mass is 366 g/mol. The summed E-state index contributed by atoms with van der Waals surface area (Å²) >= 11 is 1.61. The lowest BCUT2D eigenvalue weighted by molar-refractivity contribution is 0.251. The van der Waals surface area contributed by atoms with Gasteiger partial charge in [0.15, 0.2) is 0 Å². The average molecular weight is 366 g/mol. The Morgan fingerprint density at radius 3 is 2.65 bits per heavy atom. The van der Waals surface area contributed by atoms with Gasteiger partial charge in [0.2, 0.25) is 0 Å². The Kier molecular flexibility index (Phi) is 5.02. The van der Waals surface area contributed by atoms with Crippen molar-refractivity contribution in [2.75, 3.05) is 23.3 Å². The highest BCUT2D eigenvalue weighted by Gasteiger charge is 2.15. The van der Waals surface area contributed by atoms with Gasteiger partial charge in [-0.2, -0.15) is 0 Å². The van der Waals surface area contributed by atoms with Gasteiger partial charge in [-0.25, -0.2) is 9.78 Å². The standard InChI is InChI=1S/C20H22N4OS/c25-20(21-14-19-22-16-9-3-5-11-18(16)26-19)23-15-8-2-4-10-17(15)24-12-6-1-7-13-24/h2-5,8-11H,1,6-7,12-14H2,(H2,21,23,25). The Morgan fingerprint density at radius 1 is 1.04 bits per heavy atom. The molecule has 0 saturated carbocycles. The van der Waals surface area contributed by atoms with E-state index in [1.807, 2.05) is 42.5 Å². The van der Waals surface area contributed by atoms with Crippen molar-refractivity contribution in [3.05, 3.63) is 53.5 Å². The zero-order valence-electron chi connectivity index (χ0n) is 14.6. The van der Waals surface area contributed by atoms with Crippen LogP contribution in [0.2, 0.25) is 0 Å². The number of para-hydroxylation sites is 3. The van der Waals surface area contributed by atoms with Gasteiger partial charge in [-0.3, -0.25) is 0 Å². The van der Waals surface area contributed by atoms with Gasteiger partial charge in [0, 0.05) is 13.1 Å². The molecule has 6 heteroatoms. The lowest BCUT2D eigenvalue weighted by atomic mass is 10.1. The molecule has 2 N–H and O–H groups in total. The minimum Gasteiger partial charge on any atom is -0.370 e. The lowest BCUT2D eigenvalue weighted by Crippen LogP contribution is -2.32. The van der Waals surface area contributed by atoms with Crippen LogP contribution in [0.5, 0.6) is 0 Å². The van der Waals surface area contributed by atoms with E-state index in [-0.39, 0.29) is 6.03 Å². The first-order chi connectivity index (χ1) is 12.8. The van der Waals surface area contributed by atoms with E-state index in [1.165, 1.54) is 19.3 Å². The molecule has 1 aliphatic rings. The number of benzene rings is 2. The zero-order chi connectivity index (χ0) is 17.8. The minimum atomic E-state index is -0.200. The number of hydrogen-bond acceptors (Lipinski definition) is 4. The molecule has 0 bridgehead atoms. The van der Waals surface area contributed by atoms with Crippen LogP contribution in [-0.2, 0) is 6.54 Å². The van der Waals surface area contributed by atoms with E-state index in [2.05, 4.69) is 26.6 Å². The van der Waals surface area contributed by atoms with E-state index in [0.717, 1.165) is 39.7 Å². The maximum absolute atomic E-state index is 12.4. The molecule has 1 fully saturated rings. The predicted octanol–water partition coefficient (Wildman–Crippen LogP) is 4.61. The van der Waals surface area contributed by atoms with Crippen molar-refractivity contribution in [2.24, 2.45) is 0 Å². The van der Waals surface area contributed by atoms with Gasteiger partial charge in [-0.1, -0.05) is 24.3 Å². The van der Waals surface area contributed by atoms with Crippen molar-refractivity contribution in [1.82, 2.24) is 10.3 Å². The fraction of sp³-hybridized carbons (Fsp3) is 0.300. The Bertz CT molecular complexity index is 868. The number of nitrogens with one attached hydrogen (secondary N) is 2. The number of amides is 2. The van der Waals surface area contributed by atoms with Crippen LogP contribution in [-0.4, -0.2) is 24.1 Å². The number of nitrogens with zero attached hydrogens (tertiary/aromatic N) is 2. The highest BCUT2D eigenvalue weighted by molar-refractivity contribution is 7.18. The first-order valence-corrected chi connectivity index (χ1v) is 9.84. The summed E-state index contributed by atoms with van der Waals surface area (Å²) in [5, 5.41) is 6.82. The number of fused-ring (bicyclic) bond motifs is 1. The molecule has 134 valence electrons. The summed E-state index contributed by atoms with van der Waals surface area (Å²) in [6.45, 7) is 2.52. The van der Waals surface area contributed by atoms with Gasteiger partial charge in [-0.15, -0.1) is 11.3 Å². The van der Waals surface area contributed by atoms with E-state index in [1.54, 1.807) is 11.3 Å². The first kappa shape index (κ1) is 16.8. The first-order valence-electron chi connectivity index (χ1n) is 9.03. The Balaban J connectivity index is 1.40. The van der Waals surface area contributed by atoms with Gasteiger partial charge >= 0.3 is 6.03 Å². The third-order valence-corrected chi connectivity index (χ3v) is 5.62. The van der Waals surface area contributed by atoms with Gasteiger partial charge in [0.05, 0.1) is 28.1 Å². The number of rotatable bonds is 4. The molecule has 5 nitrogen and oxygen atoms in total. The molecule has 0 unspecified atom stereocenters. The largest absolute Gasteiger partial charge is 0.370 e. The summed E-state index contributed by atoms with van der Waals surface area (Å²) in [7, 11) is 0. The van der Waals surface area contributed by atoms with Crippen molar-refractivity contribution in [1.29, 1.82) is 0 Å². The van der Waals surface area contributed by atoms with Crippen LogP contribution in [0.3, 0.4) is 0 Å². The molecule has 0 atom stereocenters. The number of piperidine rings is 1. The second-order valence-electron chi connectivity index (χ2n) is 6.45. The molecule has 0 aliphatic carbocycles. The number of thiazole rings is 1. The molecule has 26 heavy (non-hydrogen) atoms. The summed E-state index contributed by atoms with van der Waals surface area (Å²) in [5.41, 5.74) is 2.93. The molecule has 2 heterocycles. The molecule has 1 aliphatic heterocycles. The second-order valence-corrected chi connectivity index (χ2v) is 7.56. The van der Waals surface area contributed by atoms with Crippen LogP contribution in [0.1, 0.15) is 24.3 Å². The van der Waals surface area contributed by atoms with E-state index >= 15 is 0 Å². The summed E-state index contributed by atoms with van der Waals surface area (Å²) in [6, 6.07) is 15.8. The van der Waals surface area contributed by atoms with Crippen LogP contribution in [0.25, 0.3) is 10.2 Å². The van der Waals surface area contributed by atoms with Crippen molar-refractivity contribution in [3.8, 4) is 0 Å². The van der Waals surface area contributed by atoms with E-state index < -0.39 is 0 Å². The summed E-state index contributed by atoms with van der Waals surface area (Å²) in [6.07, 6.45) is 3.70. The van der Waals surface area contributed by atoms with Gasteiger partial charge in [0.1, 0.15) is 5.01 Å². The molecule has 0 radical (unpaired) electrons.